The predicted octanol–water partition coefficient (Wildman–Crippen LogP) is 6.22. The number of nitro benzene ring substituents is 1. The van der Waals surface area contributed by atoms with Crippen LogP contribution in [0, 0.1) is 10.1 Å². The zero-order valence-corrected chi connectivity index (χ0v) is 15.4. The average Bonchev–Trinajstić information content (AvgIpc) is 2.88. The van der Waals surface area contributed by atoms with Gasteiger partial charge in [-0.3, -0.25) is 10.1 Å². The number of non-ortho nitro benzene ring substituents is 1. The van der Waals surface area contributed by atoms with Crippen LogP contribution in [0.3, 0.4) is 0 Å². The molecule has 118 valence electrons. The maximum Gasteiger partial charge on any atom is 0.271 e. The van der Waals surface area contributed by atoms with E-state index in [4.69, 9.17) is 0 Å². The first-order valence-electron chi connectivity index (χ1n) is 7.18. The molecule has 0 aliphatic heterocycles. The number of halogens is 2. The SMILES string of the molecule is O=[N+]([O-])c1cccc(-n2c3ccc(Br)cc3c3cc(Br)ccc32)c1. The zero-order chi connectivity index (χ0) is 16.8. The van der Waals surface area contributed by atoms with Gasteiger partial charge in [0.1, 0.15) is 0 Å². The fourth-order valence-corrected chi connectivity index (χ4v) is 3.71. The number of nitrogens with zero attached hydrogens (tertiary/aromatic N) is 2. The fourth-order valence-electron chi connectivity index (χ4n) is 2.99. The molecule has 24 heavy (non-hydrogen) atoms. The summed E-state index contributed by atoms with van der Waals surface area (Å²) >= 11 is 7.05. The molecule has 0 saturated carbocycles. The molecule has 4 nitrogen and oxygen atoms in total. The summed E-state index contributed by atoms with van der Waals surface area (Å²) in [6.07, 6.45) is 0. The first-order chi connectivity index (χ1) is 11.5. The molecule has 0 N–H and O–H groups in total. The maximum atomic E-state index is 11.1. The van der Waals surface area contributed by atoms with Crippen LogP contribution in [0.25, 0.3) is 27.5 Å². The first kappa shape index (κ1) is 15.4. The second kappa shape index (κ2) is 5.72. The molecule has 0 atom stereocenters. The topological polar surface area (TPSA) is 48.1 Å². The van der Waals surface area contributed by atoms with Crippen molar-refractivity contribution in [3.8, 4) is 5.69 Å². The molecule has 0 saturated heterocycles. The van der Waals surface area contributed by atoms with Gasteiger partial charge in [0.25, 0.3) is 5.69 Å². The molecule has 1 aromatic heterocycles. The van der Waals surface area contributed by atoms with Gasteiger partial charge in [0, 0.05) is 31.9 Å². The Hall–Kier alpha value is -2.18. The summed E-state index contributed by atoms with van der Waals surface area (Å²) in [5.74, 6) is 0. The van der Waals surface area contributed by atoms with E-state index in [0.717, 1.165) is 36.4 Å². The summed E-state index contributed by atoms with van der Waals surface area (Å²) < 4.78 is 4.04. The number of benzene rings is 3. The van der Waals surface area contributed by atoms with E-state index < -0.39 is 0 Å². The molecule has 0 aliphatic rings. The van der Waals surface area contributed by atoms with Crippen molar-refractivity contribution in [3.63, 3.8) is 0 Å². The lowest BCUT2D eigenvalue weighted by atomic mass is 10.2. The monoisotopic (exact) mass is 444 g/mol. The van der Waals surface area contributed by atoms with E-state index in [9.17, 15) is 10.1 Å². The Bertz CT molecular complexity index is 1060. The predicted molar refractivity (Wildman–Crippen MR) is 103 cm³/mol. The van der Waals surface area contributed by atoms with E-state index in [0.29, 0.717) is 0 Å². The fraction of sp³-hybridized carbons (Fsp3) is 0. The van der Waals surface area contributed by atoms with Gasteiger partial charge in [0.2, 0.25) is 0 Å². The van der Waals surface area contributed by atoms with Crippen molar-refractivity contribution in [3.05, 3.63) is 79.7 Å². The van der Waals surface area contributed by atoms with Crippen molar-refractivity contribution >= 4 is 59.4 Å². The Kier molecular flexibility index (Phi) is 3.66. The van der Waals surface area contributed by atoms with Crippen LogP contribution in [0.2, 0.25) is 0 Å². The standard InChI is InChI=1S/C18H10Br2N2O2/c19-11-4-6-17-15(8-11)16-9-12(20)5-7-18(16)21(17)13-2-1-3-14(10-13)22(23)24/h1-10H. The van der Waals surface area contributed by atoms with Crippen LogP contribution < -0.4 is 0 Å². The molecule has 0 aliphatic carbocycles. The molecule has 1 heterocycles. The number of rotatable bonds is 2. The Morgan fingerprint density at radius 3 is 1.96 bits per heavy atom. The van der Waals surface area contributed by atoms with Gasteiger partial charge < -0.3 is 4.57 Å². The third-order valence-electron chi connectivity index (χ3n) is 3.99. The smallest absolute Gasteiger partial charge is 0.271 e. The number of hydrogen-bond acceptors (Lipinski definition) is 2. The van der Waals surface area contributed by atoms with E-state index in [2.05, 4.69) is 48.6 Å². The third-order valence-corrected chi connectivity index (χ3v) is 4.97. The normalized spacial score (nSPS) is 11.2. The number of nitro groups is 1. The summed E-state index contributed by atoms with van der Waals surface area (Å²) in [5.41, 5.74) is 2.86. The van der Waals surface area contributed by atoms with Gasteiger partial charge in [0.05, 0.1) is 21.6 Å². The van der Waals surface area contributed by atoms with Gasteiger partial charge in [-0.2, -0.15) is 0 Å². The minimum absolute atomic E-state index is 0.0803. The van der Waals surface area contributed by atoms with E-state index in [1.165, 1.54) is 6.07 Å². The molecule has 4 aromatic rings. The maximum absolute atomic E-state index is 11.1. The molecule has 0 radical (unpaired) electrons. The molecule has 0 fully saturated rings. The third kappa shape index (κ3) is 2.42. The highest BCUT2D eigenvalue weighted by Gasteiger charge is 2.15. The van der Waals surface area contributed by atoms with Crippen LogP contribution in [0.1, 0.15) is 0 Å². The van der Waals surface area contributed by atoms with Crippen molar-refractivity contribution in [2.24, 2.45) is 0 Å². The lowest BCUT2D eigenvalue weighted by Gasteiger charge is -2.07. The lowest BCUT2D eigenvalue weighted by Crippen LogP contribution is -1.95. The summed E-state index contributed by atoms with van der Waals surface area (Å²) in [6.45, 7) is 0. The van der Waals surface area contributed by atoms with Gasteiger partial charge >= 0.3 is 0 Å². The van der Waals surface area contributed by atoms with Crippen LogP contribution in [-0.2, 0) is 0 Å². The van der Waals surface area contributed by atoms with Gasteiger partial charge in [-0.15, -0.1) is 0 Å². The highest BCUT2D eigenvalue weighted by molar-refractivity contribution is 9.10. The molecule has 0 amide bonds. The molecular formula is C18H10Br2N2O2. The summed E-state index contributed by atoms with van der Waals surface area (Å²) in [4.78, 5) is 10.8. The quantitative estimate of drug-likeness (QED) is 0.271. The molecule has 3 aromatic carbocycles. The first-order valence-corrected chi connectivity index (χ1v) is 8.77. The number of hydrogen-bond donors (Lipinski definition) is 0. The van der Waals surface area contributed by atoms with Crippen LogP contribution in [-0.4, -0.2) is 9.49 Å². The van der Waals surface area contributed by atoms with E-state index >= 15 is 0 Å². The second-order valence-electron chi connectivity index (χ2n) is 5.44. The molecule has 0 spiro atoms. The molecule has 4 rings (SSSR count). The van der Waals surface area contributed by atoms with Crippen molar-refractivity contribution in [1.29, 1.82) is 0 Å². The average molecular weight is 446 g/mol. The van der Waals surface area contributed by atoms with Gasteiger partial charge in [-0.05, 0) is 42.5 Å². The van der Waals surface area contributed by atoms with E-state index in [1.807, 2.05) is 30.3 Å². The van der Waals surface area contributed by atoms with E-state index in [1.54, 1.807) is 12.1 Å². The van der Waals surface area contributed by atoms with Crippen molar-refractivity contribution in [1.82, 2.24) is 4.57 Å². The minimum Gasteiger partial charge on any atom is -0.309 e. The molecule has 0 unspecified atom stereocenters. The Morgan fingerprint density at radius 1 is 0.833 bits per heavy atom. The largest absolute Gasteiger partial charge is 0.309 e. The summed E-state index contributed by atoms with van der Waals surface area (Å²) in [5, 5.41) is 13.3. The Balaban J connectivity index is 2.14. The molecule has 0 bridgehead atoms. The highest BCUT2D eigenvalue weighted by atomic mass is 79.9. The van der Waals surface area contributed by atoms with Gasteiger partial charge in [-0.25, -0.2) is 0 Å². The molecule has 6 heteroatoms. The zero-order valence-electron chi connectivity index (χ0n) is 12.2. The molecular weight excluding hydrogens is 436 g/mol. The van der Waals surface area contributed by atoms with Gasteiger partial charge in [0.15, 0.2) is 0 Å². The van der Waals surface area contributed by atoms with Crippen molar-refractivity contribution in [2.75, 3.05) is 0 Å². The lowest BCUT2D eigenvalue weighted by molar-refractivity contribution is -0.384. The van der Waals surface area contributed by atoms with Gasteiger partial charge in [-0.1, -0.05) is 37.9 Å². The Labute approximate surface area is 154 Å². The summed E-state index contributed by atoms with van der Waals surface area (Å²) in [7, 11) is 0. The van der Waals surface area contributed by atoms with Crippen LogP contribution in [0.15, 0.2) is 69.6 Å². The van der Waals surface area contributed by atoms with Crippen LogP contribution in [0.5, 0.6) is 0 Å². The van der Waals surface area contributed by atoms with Crippen molar-refractivity contribution in [2.45, 2.75) is 0 Å². The van der Waals surface area contributed by atoms with E-state index in [-0.39, 0.29) is 10.6 Å². The number of aromatic nitrogens is 1. The second-order valence-corrected chi connectivity index (χ2v) is 7.27. The minimum atomic E-state index is -0.370. The van der Waals surface area contributed by atoms with Crippen molar-refractivity contribution < 1.29 is 4.92 Å². The van der Waals surface area contributed by atoms with Crippen LogP contribution in [0.4, 0.5) is 5.69 Å². The van der Waals surface area contributed by atoms with Crippen LogP contribution >= 0.6 is 31.9 Å². The highest BCUT2D eigenvalue weighted by Crippen LogP contribution is 2.35. The number of fused-ring (bicyclic) bond motifs is 3. The summed E-state index contributed by atoms with van der Waals surface area (Å²) in [6, 6.07) is 18.8. The Morgan fingerprint density at radius 2 is 1.42 bits per heavy atom.